The minimum Gasteiger partial charge on any atom is -0.330 e. The van der Waals surface area contributed by atoms with Crippen molar-refractivity contribution in [3.05, 3.63) is 18.2 Å². The number of nitrogens with one attached hydrogen (secondary N) is 1. The van der Waals surface area contributed by atoms with Gasteiger partial charge >= 0.3 is 0 Å². The van der Waals surface area contributed by atoms with E-state index in [9.17, 15) is 0 Å². The third-order valence-corrected chi connectivity index (χ3v) is 4.28. The van der Waals surface area contributed by atoms with E-state index in [-0.39, 0.29) is 0 Å². The normalized spacial score (nSPS) is 26.3. The summed E-state index contributed by atoms with van der Waals surface area (Å²) in [5.74, 6) is 0.992. The lowest BCUT2D eigenvalue weighted by Crippen LogP contribution is -2.19. The molecular weight excluding hydrogens is 210 g/mol. The molecule has 1 saturated carbocycles. The molecule has 2 atom stereocenters. The average molecular weight is 233 g/mol. The molecular formula is C14H23N3. The third kappa shape index (κ3) is 2.39. The van der Waals surface area contributed by atoms with Crippen LogP contribution in [0, 0.1) is 5.92 Å². The molecule has 1 saturated heterocycles. The van der Waals surface area contributed by atoms with E-state index in [4.69, 9.17) is 0 Å². The predicted octanol–water partition coefficient (Wildman–Crippen LogP) is 3.06. The van der Waals surface area contributed by atoms with Gasteiger partial charge in [0, 0.05) is 18.3 Å². The summed E-state index contributed by atoms with van der Waals surface area (Å²) >= 11 is 0. The molecule has 3 rings (SSSR count). The van der Waals surface area contributed by atoms with Gasteiger partial charge in [0.2, 0.25) is 0 Å². The number of hydrogen-bond donors (Lipinski definition) is 1. The Bertz CT molecular complexity index is 361. The van der Waals surface area contributed by atoms with Crippen LogP contribution < -0.4 is 5.32 Å². The number of rotatable bonds is 5. The topological polar surface area (TPSA) is 29.9 Å². The van der Waals surface area contributed by atoms with E-state index in [0.717, 1.165) is 12.5 Å². The number of hydrogen-bond acceptors (Lipinski definition) is 2. The molecule has 17 heavy (non-hydrogen) atoms. The Morgan fingerprint density at radius 1 is 1.47 bits per heavy atom. The van der Waals surface area contributed by atoms with Crippen LogP contribution >= 0.6 is 0 Å². The van der Waals surface area contributed by atoms with Crippen LogP contribution in [-0.4, -0.2) is 16.1 Å². The summed E-state index contributed by atoms with van der Waals surface area (Å²) in [5, 5.41) is 3.59. The van der Waals surface area contributed by atoms with Crippen molar-refractivity contribution in [3.8, 4) is 0 Å². The van der Waals surface area contributed by atoms with Gasteiger partial charge in [-0.3, -0.25) is 0 Å². The highest BCUT2D eigenvalue weighted by molar-refractivity contribution is 5.08. The average Bonchev–Trinajstić information content (AvgIpc) is 2.86. The van der Waals surface area contributed by atoms with Gasteiger partial charge in [-0.05, 0) is 38.1 Å². The second-order valence-corrected chi connectivity index (χ2v) is 5.62. The fourth-order valence-electron chi connectivity index (χ4n) is 3.04. The summed E-state index contributed by atoms with van der Waals surface area (Å²) in [6.45, 7) is 3.47. The Balaban J connectivity index is 1.77. The van der Waals surface area contributed by atoms with E-state index in [0.29, 0.717) is 12.1 Å². The largest absolute Gasteiger partial charge is 0.330 e. The van der Waals surface area contributed by atoms with Gasteiger partial charge in [0.25, 0.3) is 0 Å². The highest BCUT2D eigenvalue weighted by Gasteiger charge is 2.28. The number of aromatic nitrogens is 2. The summed E-state index contributed by atoms with van der Waals surface area (Å²) < 4.78 is 2.45. The summed E-state index contributed by atoms with van der Waals surface area (Å²) in [6.07, 6.45) is 12.2. The van der Waals surface area contributed by atoms with E-state index in [1.54, 1.807) is 0 Å². The van der Waals surface area contributed by atoms with E-state index >= 15 is 0 Å². The van der Waals surface area contributed by atoms with Crippen LogP contribution in [0.3, 0.4) is 0 Å². The minimum absolute atomic E-state index is 0.547. The highest BCUT2D eigenvalue weighted by atomic mass is 15.1. The molecule has 2 heterocycles. The molecule has 94 valence electrons. The maximum atomic E-state index is 4.39. The molecule has 3 heteroatoms. The fraction of sp³-hybridized carbons (Fsp3) is 0.786. The number of imidazole rings is 1. The van der Waals surface area contributed by atoms with E-state index in [1.165, 1.54) is 44.2 Å². The Morgan fingerprint density at radius 3 is 3.00 bits per heavy atom. The maximum Gasteiger partial charge on any atom is 0.0951 e. The molecule has 0 bridgehead atoms. The zero-order chi connectivity index (χ0) is 11.7. The van der Waals surface area contributed by atoms with Crippen LogP contribution in [0.2, 0.25) is 0 Å². The fourth-order valence-corrected chi connectivity index (χ4v) is 3.04. The lowest BCUT2D eigenvalue weighted by molar-refractivity contribution is 0.404. The van der Waals surface area contributed by atoms with Gasteiger partial charge in [0.05, 0.1) is 12.0 Å². The first-order valence-electron chi connectivity index (χ1n) is 7.13. The summed E-state index contributed by atoms with van der Waals surface area (Å²) in [6, 6.07) is 1.22. The summed E-state index contributed by atoms with van der Waals surface area (Å²) in [5.41, 5.74) is 1.41. The van der Waals surface area contributed by atoms with Crippen molar-refractivity contribution < 1.29 is 0 Å². The molecule has 1 aromatic heterocycles. The molecule has 1 N–H and O–H groups in total. The van der Waals surface area contributed by atoms with Crippen LogP contribution in [0.1, 0.15) is 63.2 Å². The molecule has 3 nitrogen and oxygen atoms in total. The van der Waals surface area contributed by atoms with E-state index in [1.807, 2.05) is 6.33 Å². The van der Waals surface area contributed by atoms with Gasteiger partial charge in [0.1, 0.15) is 0 Å². The van der Waals surface area contributed by atoms with Gasteiger partial charge in [-0.1, -0.05) is 19.8 Å². The molecule has 1 aliphatic heterocycles. The first kappa shape index (κ1) is 11.3. The van der Waals surface area contributed by atoms with Crippen molar-refractivity contribution in [3.63, 3.8) is 0 Å². The van der Waals surface area contributed by atoms with Crippen LogP contribution in [0.4, 0.5) is 0 Å². The van der Waals surface area contributed by atoms with Crippen LogP contribution in [0.25, 0.3) is 0 Å². The Hall–Kier alpha value is -0.830. The van der Waals surface area contributed by atoms with Crippen LogP contribution in [0.5, 0.6) is 0 Å². The highest BCUT2D eigenvalue weighted by Crippen LogP contribution is 2.39. The Morgan fingerprint density at radius 2 is 2.35 bits per heavy atom. The lowest BCUT2D eigenvalue weighted by Gasteiger charge is -2.22. The molecule has 1 unspecified atom stereocenters. The van der Waals surface area contributed by atoms with Gasteiger partial charge in [-0.15, -0.1) is 0 Å². The van der Waals surface area contributed by atoms with Crippen molar-refractivity contribution in [2.75, 3.05) is 6.54 Å². The quantitative estimate of drug-likeness (QED) is 0.847. The molecule has 2 aliphatic rings. The smallest absolute Gasteiger partial charge is 0.0951 e. The second-order valence-electron chi connectivity index (χ2n) is 5.62. The molecule has 0 amide bonds. The second kappa shape index (κ2) is 4.81. The SMILES string of the molecule is CCC(CC1CC1)n1cncc1[C@@H]1CCCN1. The Kier molecular flexibility index (Phi) is 3.19. The van der Waals surface area contributed by atoms with E-state index < -0.39 is 0 Å². The standard InChI is InChI=1S/C14H23N3/c1-2-12(8-11-5-6-11)17-10-15-9-14(17)13-4-3-7-16-13/h9-13,16H,2-8H2,1H3/t12?,13-/m0/s1. The molecule has 2 fully saturated rings. The van der Waals surface area contributed by atoms with Crippen molar-refractivity contribution in [1.82, 2.24) is 14.9 Å². The minimum atomic E-state index is 0.547. The molecule has 0 spiro atoms. The van der Waals surface area contributed by atoms with Crippen molar-refractivity contribution in [2.24, 2.45) is 5.92 Å². The predicted molar refractivity (Wildman–Crippen MR) is 68.9 cm³/mol. The number of nitrogens with zero attached hydrogens (tertiary/aromatic N) is 2. The molecule has 1 aliphatic carbocycles. The van der Waals surface area contributed by atoms with Gasteiger partial charge in [-0.25, -0.2) is 4.98 Å². The molecule has 0 radical (unpaired) electrons. The first-order valence-corrected chi connectivity index (χ1v) is 7.13. The van der Waals surface area contributed by atoms with Gasteiger partial charge in [-0.2, -0.15) is 0 Å². The summed E-state index contributed by atoms with van der Waals surface area (Å²) in [7, 11) is 0. The summed E-state index contributed by atoms with van der Waals surface area (Å²) in [4.78, 5) is 4.39. The van der Waals surface area contributed by atoms with Crippen LogP contribution in [-0.2, 0) is 0 Å². The van der Waals surface area contributed by atoms with Crippen molar-refractivity contribution in [1.29, 1.82) is 0 Å². The van der Waals surface area contributed by atoms with Crippen LogP contribution in [0.15, 0.2) is 12.5 Å². The third-order valence-electron chi connectivity index (χ3n) is 4.28. The first-order chi connectivity index (χ1) is 8.38. The maximum absolute atomic E-state index is 4.39. The lowest BCUT2D eigenvalue weighted by atomic mass is 10.1. The van der Waals surface area contributed by atoms with Gasteiger partial charge in [0.15, 0.2) is 0 Å². The van der Waals surface area contributed by atoms with E-state index in [2.05, 4.69) is 28.0 Å². The van der Waals surface area contributed by atoms with Crippen molar-refractivity contribution in [2.45, 2.75) is 57.5 Å². The zero-order valence-corrected chi connectivity index (χ0v) is 10.7. The Labute approximate surface area is 104 Å². The van der Waals surface area contributed by atoms with Gasteiger partial charge < -0.3 is 9.88 Å². The molecule has 0 aromatic carbocycles. The zero-order valence-electron chi connectivity index (χ0n) is 10.7. The van der Waals surface area contributed by atoms with Crippen molar-refractivity contribution >= 4 is 0 Å². The monoisotopic (exact) mass is 233 g/mol. The molecule has 1 aromatic rings.